The Bertz CT molecular complexity index is 1110. The van der Waals surface area contributed by atoms with Crippen molar-refractivity contribution in [3.8, 4) is 5.88 Å². The van der Waals surface area contributed by atoms with Crippen LogP contribution in [0.3, 0.4) is 0 Å². The number of hydrogen-bond acceptors (Lipinski definition) is 7. The zero-order chi connectivity index (χ0) is 29.4. The van der Waals surface area contributed by atoms with Gasteiger partial charge in [0.15, 0.2) is 0 Å². The number of halogens is 6. The number of carbonyl (C=O) groups excluding carboxylic acids is 1. The smallest absolute Gasteiger partial charge is 0.481 e. The Hall–Kier alpha value is -3.89. The Morgan fingerprint density at radius 3 is 2.08 bits per heavy atom. The van der Waals surface area contributed by atoms with Gasteiger partial charge in [-0.3, -0.25) is 14.4 Å². The summed E-state index contributed by atoms with van der Waals surface area (Å²) in [5.41, 5.74) is 2.11. The number of nitrogens with zero attached hydrogens (tertiary/aromatic N) is 5. The molecule has 4 heterocycles. The van der Waals surface area contributed by atoms with Crippen molar-refractivity contribution < 1.29 is 55.7 Å². The molecule has 0 aliphatic carbocycles. The molecule has 2 aliphatic rings. The molecule has 0 bridgehead atoms. The molecular weight excluding hydrogens is 544 g/mol. The summed E-state index contributed by atoms with van der Waals surface area (Å²) in [6, 6.07) is 5.68. The van der Waals surface area contributed by atoms with E-state index in [4.69, 9.17) is 24.5 Å². The maximum Gasteiger partial charge on any atom is 0.490 e. The van der Waals surface area contributed by atoms with Crippen LogP contribution < -0.4 is 4.74 Å². The zero-order valence-corrected chi connectivity index (χ0v) is 20.4. The van der Waals surface area contributed by atoms with E-state index in [-0.39, 0.29) is 11.9 Å². The van der Waals surface area contributed by atoms with Gasteiger partial charge in [0.2, 0.25) is 11.8 Å². The number of pyridine rings is 1. The lowest BCUT2D eigenvalue weighted by molar-refractivity contribution is -0.193. The number of aliphatic carboxylic acids is 2. The third-order valence-electron chi connectivity index (χ3n) is 5.49. The lowest BCUT2D eigenvalue weighted by Crippen LogP contribution is -2.45. The van der Waals surface area contributed by atoms with Gasteiger partial charge in [-0.1, -0.05) is 6.07 Å². The average Bonchev–Trinajstić information content (AvgIpc) is 3.55. The number of amides is 1. The largest absolute Gasteiger partial charge is 0.490 e. The maximum atomic E-state index is 13.0. The number of carbonyl (C=O) groups is 3. The summed E-state index contributed by atoms with van der Waals surface area (Å²) in [4.78, 5) is 39.3. The topological polar surface area (TPSA) is 138 Å². The number of fused-ring (bicyclic) bond motifs is 1. The van der Waals surface area contributed by atoms with Crippen molar-refractivity contribution in [3.05, 3.63) is 41.9 Å². The van der Waals surface area contributed by atoms with Crippen molar-refractivity contribution >= 4 is 17.8 Å². The fraction of sp³-hybridized carbons (Fsp3) is 0.500. The van der Waals surface area contributed by atoms with Crippen molar-refractivity contribution in [2.24, 2.45) is 0 Å². The molecule has 1 unspecified atom stereocenters. The molecule has 2 aliphatic heterocycles. The van der Waals surface area contributed by atoms with Crippen LogP contribution in [0.5, 0.6) is 5.88 Å². The highest BCUT2D eigenvalue weighted by atomic mass is 19.4. The Labute approximate surface area is 217 Å². The monoisotopic (exact) mass is 569 g/mol. The Balaban J connectivity index is 0.000000317. The second kappa shape index (κ2) is 13.3. The van der Waals surface area contributed by atoms with Crippen LogP contribution in [0, 0.1) is 0 Å². The number of methoxy groups -OCH3 is 1. The Morgan fingerprint density at radius 1 is 1.00 bits per heavy atom. The number of aromatic nitrogens is 3. The summed E-state index contributed by atoms with van der Waals surface area (Å²) in [6.45, 7) is 3.85. The van der Waals surface area contributed by atoms with Gasteiger partial charge in [0.25, 0.3) is 0 Å². The van der Waals surface area contributed by atoms with Gasteiger partial charge in [-0.2, -0.15) is 31.4 Å². The highest BCUT2D eigenvalue weighted by Gasteiger charge is 2.39. The number of alkyl halides is 6. The molecule has 4 rings (SSSR count). The van der Waals surface area contributed by atoms with Crippen molar-refractivity contribution in [2.75, 3.05) is 26.7 Å². The standard InChI is InChI=1S/C18H23N5O2.2C2HF3O2/c1-25-17-14(5-4-7-19-17)11-21-12-15-6-8-20-23(15)16(13-21)18(24)22-9-2-3-10-22;2*3-2(4,5)1(6)7/h4-8,16H,2-3,9-13H2,1H3;2*(H,6,7). The first kappa shape index (κ1) is 31.3. The van der Waals surface area contributed by atoms with Gasteiger partial charge in [-0.25, -0.2) is 14.6 Å². The lowest BCUT2D eigenvalue weighted by atomic mass is 10.1. The summed E-state index contributed by atoms with van der Waals surface area (Å²) < 4.78 is 70.7. The minimum atomic E-state index is -5.08. The number of likely N-dealkylation sites (tertiary alicyclic amines) is 1. The van der Waals surface area contributed by atoms with E-state index in [1.807, 2.05) is 27.8 Å². The van der Waals surface area contributed by atoms with Crippen LogP contribution in [0.1, 0.15) is 30.1 Å². The number of hydrogen-bond donors (Lipinski definition) is 2. The van der Waals surface area contributed by atoms with Gasteiger partial charge < -0.3 is 19.8 Å². The van der Waals surface area contributed by atoms with E-state index >= 15 is 0 Å². The number of ether oxygens (including phenoxy) is 1. The van der Waals surface area contributed by atoms with Crippen molar-refractivity contribution in [1.82, 2.24) is 24.6 Å². The predicted molar refractivity (Wildman–Crippen MR) is 119 cm³/mol. The van der Waals surface area contributed by atoms with Gasteiger partial charge in [0, 0.05) is 50.7 Å². The molecule has 0 radical (unpaired) electrons. The zero-order valence-electron chi connectivity index (χ0n) is 20.4. The first-order chi connectivity index (χ1) is 18.1. The molecule has 0 saturated carbocycles. The minimum Gasteiger partial charge on any atom is -0.481 e. The number of carboxylic acid groups (broad SMARTS) is 2. The summed E-state index contributed by atoms with van der Waals surface area (Å²) >= 11 is 0. The van der Waals surface area contributed by atoms with Crippen molar-refractivity contribution in [3.63, 3.8) is 0 Å². The van der Waals surface area contributed by atoms with Gasteiger partial charge in [-0.15, -0.1) is 0 Å². The van der Waals surface area contributed by atoms with E-state index in [9.17, 15) is 31.1 Å². The van der Waals surface area contributed by atoms with Crippen LogP contribution in [0.15, 0.2) is 30.6 Å². The van der Waals surface area contributed by atoms with Gasteiger partial charge >= 0.3 is 24.3 Å². The fourth-order valence-electron chi connectivity index (χ4n) is 3.78. The molecule has 1 amide bonds. The highest BCUT2D eigenvalue weighted by Crippen LogP contribution is 2.26. The molecule has 216 valence electrons. The molecule has 1 fully saturated rings. The van der Waals surface area contributed by atoms with E-state index in [0.29, 0.717) is 19.0 Å². The van der Waals surface area contributed by atoms with E-state index in [2.05, 4.69) is 15.0 Å². The Kier molecular flexibility index (Phi) is 10.6. The van der Waals surface area contributed by atoms with E-state index in [1.165, 1.54) is 0 Å². The van der Waals surface area contributed by atoms with Crippen LogP contribution in [-0.4, -0.2) is 91.7 Å². The first-order valence-electron chi connectivity index (χ1n) is 11.3. The Morgan fingerprint density at radius 2 is 1.56 bits per heavy atom. The molecule has 1 atom stereocenters. The van der Waals surface area contributed by atoms with Gasteiger partial charge in [0.05, 0.1) is 12.8 Å². The molecule has 2 N–H and O–H groups in total. The third kappa shape index (κ3) is 9.12. The lowest BCUT2D eigenvalue weighted by Gasteiger charge is -2.35. The van der Waals surface area contributed by atoms with Crippen LogP contribution in [-0.2, 0) is 27.5 Å². The maximum absolute atomic E-state index is 13.0. The molecule has 39 heavy (non-hydrogen) atoms. The van der Waals surface area contributed by atoms with Crippen LogP contribution >= 0.6 is 0 Å². The van der Waals surface area contributed by atoms with Crippen molar-refractivity contribution in [1.29, 1.82) is 0 Å². The van der Waals surface area contributed by atoms with E-state index in [0.717, 1.165) is 43.7 Å². The van der Waals surface area contributed by atoms with Crippen molar-refractivity contribution in [2.45, 2.75) is 44.3 Å². The van der Waals surface area contributed by atoms with Crippen LogP contribution in [0.25, 0.3) is 0 Å². The second-order valence-electron chi connectivity index (χ2n) is 8.26. The predicted octanol–water partition coefficient (Wildman–Crippen LogP) is 2.73. The molecule has 2 aromatic heterocycles. The highest BCUT2D eigenvalue weighted by molar-refractivity contribution is 5.81. The second-order valence-corrected chi connectivity index (χ2v) is 8.26. The summed E-state index contributed by atoms with van der Waals surface area (Å²) in [5, 5.41) is 18.7. The van der Waals surface area contributed by atoms with E-state index < -0.39 is 24.3 Å². The number of carboxylic acids is 2. The minimum absolute atomic E-state index is 0.185. The van der Waals surface area contributed by atoms with Crippen LogP contribution in [0.4, 0.5) is 26.3 Å². The molecule has 17 heteroatoms. The summed E-state index contributed by atoms with van der Waals surface area (Å²) in [6.07, 6.45) is -4.46. The SMILES string of the molecule is COc1ncccc1CN1Cc2ccnn2C(C(=O)N2CCCC2)C1.O=C(O)C(F)(F)F.O=C(O)C(F)(F)F. The molecule has 11 nitrogen and oxygen atoms in total. The van der Waals surface area contributed by atoms with Crippen LogP contribution in [0.2, 0.25) is 0 Å². The molecule has 1 saturated heterocycles. The summed E-state index contributed by atoms with van der Waals surface area (Å²) in [5.74, 6) is -4.69. The molecule has 0 spiro atoms. The first-order valence-corrected chi connectivity index (χ1v) is 11.3. The normalized spacial score (nSPS) is 17.2. The molecule has 0 aromatic carbocycles. The average molecular weight is 569 g/mol. The molecule has 2 aromatic rings. The van der Waals surface area contributed by atoms with Gasteiger partial charge in [0.1, 0.15) is 6.04 Å². The number of rotatable bonds is 4. The third-order valence-corrected chi connectivity index (χ3v) is 5.49. The van der Waals surface area contributed by atoms with Gasteiger partial charge in [-0.05, 0) is 25.0 Å². The fourth-order valence-corrected chi connectivity index (χ4v) is 3.78. The van der Waals surface area contributed by atoms with E-state index in [1.54, 1.807) is 19.5 Å². The summed E-state index contributed by atoms with van der Waals surface area (Å²) in [7, 11) is 1.64. The quantitative estimate of drug-likeness (QED) is 0.533. The molecular formula is C22H25F6N5O6.